The van der Waals surface area contributed by atoms with Gasteiger partial charge in [0.1, 0.15) is 0 Å². The predicted molar refractivity (Wildman–Crippen MR) is 52.4 cm³/mol. The molecular weight excluding hydrogens is 162 g/mol. The average molecular weight is 171 g/mol. The summed E-state index contributed by atoms with van der Waals surface area (Å²) >= 11 is 0. The van der Waals surface area contributed by atoms with Crippen molar-refractivity contribution in [3.8, 4) is 11.1 Å². The Bertz CT molecular complexity index is 409. The third kappa shape index (κ3) is 1.38. The van der Waals surface area contributed by atoms with E-state index in [0.717, 1.165) is 16.7 Å². The van der Waals surface area contributed by atoms with Crippen molar-refractivity contribution < 1.29 is 5.21 Å². The molecule has 0 atom stereocenters. The van der Waals surface area contributed by atoms with Gasteiger partial charge in [-0.1, -0.05) is 47.6 Å². The van der Waals surface area contributed by atoms with Crippen molar-refractivity contribution in [2.45, 2.75) is 0 Å². The zero-order chi connectivity index (χ0) is 9.10. The van der Waals surface area contributed by atoms with Gasteiger partial charge in [0.25, 0.3) is 0 Å². The summed E-state index contributed by atoms with van der Waals surface area (Å²) in [6.45, 7) is 0. The molecule has 0 saturated heterocycles. The van der Waals surface area contributed by atoms with E-state index in [-0.39, 0.29) is 0 Å². The lowest BCUT2D eigenvalue weighted by molar-refractivity contribution is 0.322. The van der Waals surface area contributed by atoms with Gasteiger partial charge in [-0.15, -0.1) is 0 Å². The Morgan fingerprint density at radius 3 is 2.69 bits per heavy atom. The third-order valence-corrected chi connectivity index (χ3v) is 2.02. The molecule has 1 N–H and O–H groups in total. The Balaban J connectivity index is 2.61. The van der Waals surface area contributed by atoms with E-state index in [4.69, 9.17) is 5.21 Å². The predicted octanol–water partition coefficient (Wildman–Crippen LogP) is 2.60. The van der Waals surface area contributed by atoms with E-state index in [2.05, 4.69) is 5.16 Å². The average Bonchev–Trinajstić information content (AvgIpc) is 2.38. The van der Waals surface area contributed by atoms with Crippen molar-refractivity contribution in [1.82, 2.24) is 0 Å². The summed E-state index contributed by atoms with van der Waals surface area (Å²) in [5.74, 6) is 0. The van der Waals surface area contributed by atoms with E-state index in [9.17, 15) is 0 Å². The molecule has 0 radical (unpaired) electrons. The minimum atomic E-state index is 0.939. The van der Waals surface area contributed by atoms with Crippen molar-refractivity contribution in [3.63, 3.8) is 0 Å². The molecule has 13 heavy (non-hydrogen) atoms. The van der Waals surface area contributed by atoms with Crippen LogP contribution in [0.1, 0.15) is 5.56 Å². The lowest BCUT2D eigenvalue weighted by atomic mass is 10.1. The molecule has 0 aromatic rings. The number of fused-ring (bicyclic) bond motifs is 1. The van der Waals surface area contributed by atoms with Gasteiger partial charge in [0.05, 0.1) is 6.21 Å². The van der Waals surface area contributed by atoms with Gasteiger partial charge >= 0.3 is 0 Å². The summed E-state index contributed by atoms with van der Waals surface area (Å²) in [6, 6.07) is 13.9. The maximum atomic E-state index is 8.43. The molecule has 0 aromatic carbocycles. The highest BCUT2D eigenvalue weighted by Crippen LogP contribution is 2.25. The zero-order valence-electron chi connectivity index (χ0n) is 7.01. The molecule has 0 bridgehead atoms. The van der Waals surface area contributed by atoms with Crippen LogP contribution in [0.2, 0.25) is 0 Å². The van der Waals surface area contributed by atoms with Crippen LogP contribution < -0.4 is 0 Å². The van der Waals surface area contributed by atoms with Crippen LogP contribution in [-0.2, 0) is 0 Å². The molecule has 2 aliphatic rings. The van der Waals surface area contributed by atoms with Crippen LogP contribution in [0, 0.1) is 0 Å². The van der Waals surface area contributed by atoms with Gasteiger partial charge < -0.3 is 5.21 Å². The maximum Gasteiger partial charge on any atom is 0.0740 e. The van der Waals surface area contributed by atoms with Gasteiger partial charge in [0.15, 0.2) is 0 Å². The first kappa shape index (κ1) is 7.80. The second-order valence-electron chi connectivity index (χ2n) is 2.81. The lowest BCUT2D eigenvalue weighted by Gasteiger charge is -1.92. The van der Waals surface area contributed by atoms with Crippen LogP contribution in [0.25, 0.3) is 11.1 Å². The van der Waals surface area contributed by atoms with Gasteiger partial charge in [0.2, 0.25) is 0 Å². The van der Waals surface area contributed by atoms with E-state index >= 15 is 0 Å². The maximum absolute atomic E-state index is 8.43. The Morgan fingerprint density at radius 2 is 1.85 bits per heavy atom. The van der Waals surface area contributed by atoms with Crippen molar-refractivity contribution in [1.29, 1.82) is 0 Å². The van der Waals surface area contributed by atoms with Crippen LogP contribution in [0.5, 0.6) is 0 Å². The third-order valence-electron chi connectivity index (χ3n) is 2.02. The summed E-state index contributed by atoms with van der Waals surface area (Å²) in [5.41, 5.74) is 3.19. The molecule has 0 heterocycles. The van der Waals surface area contributed by atoms with Gasteiger partial charge in [-0.3, -0.25) is 0 Å². The number of hydrogen-bond donors (Lipinski definition) is 1. The van der Waals surface area contributed by atoms with Gasteiger partial charge in [-0.25, -0.2) is 0 Å². The fourth-order valence-corrected chi connectivity index (χ4v) is 1.41. The van der Waals surface area contributed by atoms with Crippen molar-refractivity contribution in [2.24, 2.45) is 5.16 Å². The summed E-state index contributed by atoms with van der Waals surface area (Å²) in [5, 5.41) is 11.5. The topological polar surface area (TPSA) is 32.6 Å². The zero-order valence-corrected chi connectivity index (χ0v) is 7.01. The molecule has 2 aliphatic carbocycles. The summed E-state index contributed by atoms with van der Waals surface area (Å²) in [6.07, 6.45) is 1.45. The van der Waals surface area contributed by atoms with E-state index in [0.29, 0.717) is 0 Å². The molecule has 0 spiro atoms. The highest BCUT2D eigenvalue weighted by molar-refractivity contribution is 5.92. The van der Waals surface area contributed by atoms with Crippen LogP contribution in [-0.4, -0.2) is 11.4 Å². The summed E-state index contributed by atoms with van der Waals surface area (Å²) in [4.78, 5) is 0. The highest BCUT2D eigenvalue weighted by Gasteiger charge is 2.04. The highest BCUT2D eigenvalue weighted by atomic mass is 16.4. The Kier molecular flexibility index (Phi) is 1.96. The van der Waals surface area contributed by atoms with Crippen molar-refractivity contribution >= 4 is 6.21 Å². The standard InChI is InChI=1S/C11H9NO/c13-12-8-10-7-6-9-4-2-1-3-5-11(9)10/h1-8,13H/b12-8-. The fourth-order valence-electron chi connectivity index (χ4n) is 1.41. The SMILES string of the molecule is O/N=C\c1ccc2cccccc1-2. The second-order valence-corrected chi connectivity index (χ2v) is 2.81. The normalized spacial score (nSPS) is 11.1. The molecule has 0 aromatic heterocycles. The largest absolute Gasteiger partial charge is 0.411 e. The van der Waals surface area contributed by atoms with Crippen LogP contribution in [0.15, 0.2) is 47.6 Å². The Labute approximate surface area is 76.5 Å². The van der Waals surface area contributed by atoms with Crippen LogP contribution in [0.3, 0.4) is 0 Å². The molecule has 0 aliphatic heterocycles. The number of hydrogen-bond acceptors (Lipinski definition) is 2. The van der Waals surface area contributed by atoms with E-state index in [1.54, 1.807) is 0 Å². The van der Waals surface area contributed by atoms with Gasteiger partial charge in [-0.05, 0) is 11.1 Å². The monoisotopic (exact) mass is 171 g/mol. The first-order valence-electron chi connectivity index (χ1n) is 4.07. The Hall–Kier alpha value is -1.83. The van der Waals surface area contributed by atoms with Gasteiger partial charge in [-0.2, -0.15) is 0 Å². The molecule has 0 saturated carbocycles. The minimum absolute atomic E-state index is 0.939. The van der Waals surface area contributed by atoms with Crippen molar-refractivity contribution in [2.75, 3.05) is 0 Å². The smallest absolute Gasteiger partial charge is 0.0740 e. The number of oxime groups is 1. The van der Waals surface area contributed by atoms with Crippen molar-refractivity contribution in [3.05, 3.63) is 48.0 Å². The fraction of sp³-hybridized carbons (Fsp3) is 0. The second kappa shape index (κ2) is 3.27. The summed E-state index contributed by atoms with van der Waals surface area (Å²) < 4.78 is 0. The molecule has 2 heteroatoms. The first-order chi connectivity index (χ1) is 6.42. The number of rotatable bonds is 1. The van der Waals surface area contributed by atoms with E-state index < -0.39 is 0 Å². The van der Waals surface area contributed by atoms with Gasteiger partial charge in [0, 0.05) is 5.56 Å². The van der Waals surface area contributed by atoms with E-state index in [1.165, 1.54) is 6.21 Å². The molecule has 0 amide bonds. The molecule has 2 rings (SSSR count). The lowest BCUT2D eigenvalue weighted by Crippen LogP contribution is -1.77. The molecule has 2 nitrogen and oxygen atoms in total. The summed E-state index contributed by atoms with van der Waals surface area (Å²) in [7, 11) is 0. The quantitative estimate of drug-likeness (QED) is 0.399. The first-order valence-corrected chi connectivity index (χ1v) is 4.07. The van der Waals surface area contributed by atoms with Crippen LogP contribution >= 0.6 is 0 Å². The molecule has 64 valence electrons. The molecule has 0 unspecified atom stereocenters. The van der Waals surface area contributed by atoms with Crippen LogP contribution in [0.4, 0.5) is 0 Å². The van der Waals surface area contributed by atoms with E-state index in [1.807, 2.05) is 42.5 Å². The molecular formula is C11H9NO. The number of nitrogens with zero attached hydrogens (tertiary/aromatic N) is 1. The minimum Gasteiger partial charge on any atom is -0.411 e. The molecule has 0 fully saturated rings. The Morgan fingerprint density at radius 1 is 1.00 bits per heavy atom.